The van der Waals surface area contributed by atoms with Gasteiger partial charge in [-0.2, -0.15) is 0 Å². The van der Waals surface area contributed by atoms with Gasteiger partial charge in [-0.05, 0) is 61.9 Å². The fourth-order valence-corrected chi connectivity index (χ4v) is 3.40. The van der Waals surface area contributed by atoms with Crippen LogP contribution in [0.15, 0.2) is 18.2 Å². The average molecular weight is 260 g/mol. The lowest BCUT2D eigenvalue weighted by Crippen LogP contribution is -2.40. The van der Waals surface area contributed by atoms with E-state index in [0.717, 1.165) is 6.04 Å². The number of fused-ring (bicyclic) bond motifs is 1. The van der Waals surface area contributed by atoms with Gasteiger partial charge in [-0.15, -0.1) is 0 Å². The van der Waals surface area contributed by atoms with Crippen molar-refractivity contribution in [3.63, 3.8) is 0 Å². The maximum absolute atomic E-state index is 5.90. The van der Waals surface area contributed by atoms with E-state index in [1.54, 1.807) is 5.56 Å². The van der Waals surface area contributed by atoms with Crippen LogP contribution in [0.5, 0.6) is 0 Å². The first-order chi connectivity index (χ1) is 9.30. The number of hydrogen-bond acceptors (Lipinski definition) is 2. The Morgan fingerprint density at radius 2 is 1.95 bits per heavy atom. The van der Waals surface area contributed by atoms with Crippen LogP contribution in [0.3, 0.4) is 0 Å². The zero-order valence-corrected chi connectivity index (χ0v) is 12.5. The van der Waals surface area contributed by atoms with Gasteiger partial charge in [-0.1, -0.05) is 32.0 Å². The van der Waals surface area contributed by atoms with Gasteiger partial charge < -0.3 is 10.6 Å². The zero-order chi connectivity index (χ0) is 13.7. The van der Waals surface area contributed by atoms with Gasteiger partial charge in [0.05, 0.1) is 0 Å². The minimum absolute atomic E-state index is 0.678. The largest absolute Gasteiger partial charge is 0.326 e. The second-order valence-electron chi connectivity index (χ2n) is 5.69. The summed E-state index contributed by atoms with van der Waals surface area (Å²) in [4.78, 5) is 2.69. The van der Waals surface area contributed by atoms with Crippen molar-refractivity contribution < 1.29 is 0 Å². The summed E-state index contributed by atoms with van der Waals surface area (Å²) >= 11 is 0. The van der Waals surface area contributed by atoms with E-state index in [4.69, 9.17) is 5.73 Å². The average Bonchev–Trinajstić information content (AvgIpc) is 2.46. The lowest BCUT2D eigenvalue weighted by atomic mass is 9.84. The standard InChI is InChI=1S/C17H28N2/c1-3-10-19(11-4-2)16-9-8-14-6-5-7-15(13-18)17(14)12-16/h5-7,16H,3-4,8-13,18H2,1-2H3. The topological polar surface area (TPSA) is 29.3 Å². The molecular formula is C17H28N2. The molecule has 2 heteroatoms. The minimum Gasteiger partial charge on any atom is -0.326 e. The summed E-state index contributed by atoms with van der Waals surface area (Å²) < 4.78 is 0. The molecule has 1 aliphatic carbocycles. The van der Waals surface area contributed by atoms with Gasteiger partial charge in [0, 0.05) is 12.6 Å². The Balaban J connectivity index is 2.15. The first kappa shape index (κ1) is 14.5. The van der Waals surface area contributed by atoms with Crippen molar-refractivity contribution in [3.8, 4) is 0 Å². The third-order valence-electron chi connectivity index (χ3n) is 4.31. The summed E-state index contributed by atoms with van der Waals surface area (Å²) in [5.74, 6) is 0. The normalized spacial score (nSPS) is 18.6. The van der Waals surface area contributed by atoms with E-state index in [2.05, 4.69) is 36.9 Å². The second-order valence-corrected chi connectivity index (χ2v) is 5.69. The lowest BCUT2D eigenvalue weighted by molar-refractivity contribution is 0.179. The summed E-state index contributed by atoms with van der Waals surface area (Å²) in [5.41, 5.74) is 10.3. The first-order valence-electron chi connectivity index (χ1n) is 7.83. The summed E-state index contributed by atoms with van der Waals surface area (Å²) in [7, 11) is 0. The smallest absolute Gasteiger partial charge is 0.0180 e. The molecule has 0 aromatic heterocycles. The maximum Gasteiger partial charge on any atom is 0.0180 e. The summed E-state index contributed by atoms with van der Waals surface area (Å²) in [6.07, 6.45) is 6.23. The van der Waals surface area contributed by atoms with Gasteiger partial charge in [-0.25, -0.2) is 0 Å². The molecule has 0 aliphatic heterocycles. The van der Waals surface area contributed by atoms with Crippen LogP contribution in [0.25, 0.3) is 0 Å². The molecule has 2 rings (SSSR count). The van der Waals surface area contributed by atoms with Crippen molar-refractivity contribution in [2.24, 2.45) is 5.73 Å². The van der Waals surface area contributed by atoms with E-state index < -0.39 is 0 Å². The van der Waals surface area contributed by atoms with Crippen molar-refractivity contribution >= 4 is 0 Å². The maximum atomic E-state index is 5.90. The fraction of sp³-hybridized carbons (Fsp3) is 0.647. The van der Waals surface area contributed by atoms with E-state index in [1.165, 1.54) is 56.3 Å². The van der Waals surface area contributed by atoms with Crippen LogP contribution in [0, 0.1) is 0 Å². The highest BCUT2D eigenvalue weighted by atomic mass is 15.1. The van der Waals surface area contributed by atoms with Gasteiger partial charge in [-0.3, -0.25) is 0 Å². The zero-order valence-electron chi connectivity index (χ0n) is 12.5. The van der Waals surface area contributed by atoms with Gasteiger partial charge in [0.1, 0.15) is 0 Å². The molecule has 0 radical (unpaired) electrons. The molecule has 2 nitrogen and oxygen atoms in total. The first-order valence-corrected chi connectivity index (χ1v) is 7.83. The lowest BCUT2D eigenvalue weighted by Gasteiger charge is -2.35. The van der Waals surface area contributed by atoms with Gasteiger partial charge in [0.25, 0.3) is 0 Å². The number of nitrogens with two attached hydrogens (primary N) is 1. The van der Waals surface area contributed by atoms with Crippen molar-refractivity contribution in [2.75, 3.05) is 13.1 Å². The molecule has 1 aliphatic rings. The molecule has 106 valence electrons. The number of benzene rings is 1. The molecule has 1 aromatic carbocycles. The van der Waals surface area contributed by atoms with Crippen LogP contribution in [0.2, 0.25) is 0 Å². The molecule has 19 heavy (non-hydrogen) atoms. The minimum atomic E-state index is 0.678. The Morgan fingerprint density at radius 3 is 2.58 bits per heavy atom. The molecule has 0 saturated carbocycles. The van der Waals surface area contributed by atoms with Crippen molar-refractivity contribution in [3.05, 3.63) is 34.9 Å². The van der Waals surface area contributed by atoms with E-state index in [-0.39, 0.29) is 0 Å². The van der Waals surface area contributed by atoms with Gasteiger partial charge >= 0.3 is 0 Å². The Kier molecular flexibility index (Phi) is 5.41. The molecule has 2 N–H and O–H groups in total. The van der Waals surface area contributed by atoms with Gasteiger partial charge in [0.15, 0.2) is 0 Å². The van der Waals surface area contributed by atoms with Crippen LogP contribution in [-0.4, -0.2) is 24.0 Å². The van der Waals surface area contributed by atoms with E-state index in [9.17, 15) is 0 Å². The van der Waals surface area contributed by atoms with E-state index >= 15 is 0 Å². The summed E-state index contributed by atoms with van der Waals surface area (Å²) in [5, 5.41) is 0. The highest BCUT2D eigenvalue weighted by Crippen LogP contribution is 2.27. The molecule has 0 amide bonds. The number of hydrogen-bond donors (Lipinski definition) is 1. The molecular weight excluding hydrogens is 232 g/mol. The van der Waals surface area contributed by atoms with Crippen molar-refractivity contribution in [2.45, 2.75) is 58.5 Å². The molecule has 1 aromatic rings. The van der Waals surface area contributed by atoms with E-state index in [0.29, 0.717) is 6.54 Å². The predicted molar refractivity (Wildman–Crippen MR) is 82.3 cm³/mol. The van der Waals surface area contributed by atoms with Crippen molar-refractivity contribution in [1.82, 2.24) is 4.90 Å². The monoisotopic (exact) mass is 260 g/mol. The second kappa shape index (κ2) is 7.06. The predicted octanol–water partition coefficient (Wildman–Crippen LogP) is 3.12. The Morgan fingerprint density at radius 1 is 1.21 bits per heavy atom. The quantitative estimate of drug-likeness (QED) is 0.851. The van der Waals surface area contributed by atoms with Crippen LogP contribution in [-0.2, 0) is 19.4 Å². The SMILES string of the molecule is CCCN(CCC)C1CCc2cccc(CN)c2C1. The molecule has 0 bridgehead atoms. The molecule has 0 saturated heterocycles. The van der Waals surface area contributed by atoms with Crippen LogP contribution in [0.4, 0.5) is 0 Å². The third kappa shape index (κ3) is 3.37. The summed E-state index contributed by atoms with van der Waals surface area (Å²) in [6.45, 7) is 7.71. The number of nitrogens with zero attached hydrogens (tertiary/aromatic N) is 1. The molecule has 0 heterocycles. The highest BCUT2D eigenvalue weighted by Gasteiger charge is 2.24. The number of aryl methyl sites for hydroxylation is 1. The molecule has 0 fully saturated rings. The van der Waals surface area contributed by atoms with Crippen LogP contribution in [0.1, 0.15) is 49.8 Å². The van der Waals surface area contributed by atoms with Gasteiger partial charge in [0.2, 0.25) is 0 Å². The summed E-state index contributed by atoms with van der Waals surface area (Å²) in [6, 6.07) is 7.37. The van der Waals surface area contributed by atoms with E-state index in [1.807, 2.05) is 0 Å². The highest BCUT2D eigenvalue weighted by molar-refractivity contribution is 5.37. The number of rotatable bonds is 6. The molecule has 1 unspecified atom stereocenters. The van der Waals surface area contributed by atoms with Crippen molar-refractivity contribution in [1.29, 1.82) is 0 Å². The molecule has 0 spiro atoms. The van der Waals surface area contributed by atoms with Crippen LogP contribution < -0.4 is 5.73 Å². The Labute approximate surface area is 118 Å². The van der Waals surface area contributed by atoms with Crippen LogP contribution >= 0.6 is 0 Å². The Bertz CT molecular complexity index is 380. The Hall–Kier alpha value is -0.860. The fourth-order valence-electron chi connectivity index (χ4n) is 3.40. The molecule has 1 atom stereocenters. The third-order valence-corrected chi connectivity index (χ3v) is 4.31.